The molecule has 73 heavy (non-hydrogen) atoms. The fraction of sp³-hybridized carbons (Fsp3) is 0.444. The number of aromatic nitrogens is 6. The van der Waals surface area contributed by atoms with Crippen molar-refractivity contribution in [2.75, 3.05) is 95.1 Å². The number of nitrogens with one attached hydrogen (secondary N) is 4. The van der Waals surface area contributed by atoms with Gasteiger partial charge >= 0.3 is 118 Å². The molecule has 0 saturated carbocycles. The van der Waals surface area contributed by atoms with Gasteiger partial charge in [-0.2, -0.15) is 29.9 Å². The molecule has 9 N–H and O–H groups in total. The van der Waals surface area contributed by atoms with Crippen LogP contribution in [0.2, 0.25) is 0 Å². The Morgan fingerprint density at radius 1 is 0.575 bits per heavy atom. The van der Waals surface area contributed by atoms with Crippen LogP contribution in [0.4, 0.5) is 47.1 Å². The molecule has 382 valence electrons. The molecular formula is C36H48N12Na4O17S4. The van der Waals surface area contributed by atoms with Crippen molar-refractivity contribution < 1.29 is 196 Å². The van der Waals surface area contributed by atoms with E-state index in [9.17, 15) is 77.4 Å². The molecule has 0 radical (unpaired) electrons. The second kappa shape index (κ2) is 32.4. The van der Waals surface area contributed by atoms with Crippen molar-refractivity contribution in [3.05, 3.63) is 47.5 Å². The molecule has 0 aliphatic heterocycles. The van der Waals surface area contributed by atoms with Crippen LogP contribution in [0.5, 0.6) is 0 Å². The predicted molar refractivity (Wildman–Crippen MR) is 243 cm³/mol. The van der Waals surface area contributed by atoms with Gasteiger partial charge in [-0.3, -0.25) is 0 Å². The molecule has 0 saturated heterocycles. The quantitative estimate of drug-likeness (QED) is 0.0145. The van der Waals surface area contributed by atoms with Crippen LogP contribution in [0.25, 0.3) is 12.2 Å². The maximum absolute atomic E-state index is 12.6. The Balaban J connectivity index is 0.0000130. The summed E-state index contributed by atoms with van der Waals surface area (Å²) in [5.41, 5.74) is -0.820. The van der Waals surface area contributed by atoms with Crippen molar-refractivity contribution in [2.24, 2.45) is 0 Å². The maximum Gasteiger partial charge on any atom is 1.00 e. The van der Waals surface area contributed by atoms with Crippen molar-refractivity contribution in [2.45, 2.75) is 48.4 Å². The van der Waals surface area contributed by atoms with Gasteiger partial charge in [0.05, 0.1) is 73.1 Å². The first-order valence-electron chi connectivity index (χ1n) is 20.2. The topological polar surface area (TPSA) is 462 Å². The Hall–Kier alpha value is -1.56. The summed E-state index contributed by atoms with van der Waals surface area (Å²) in [6.45, 7) is 0.512. The van der Waals surface area contributed by atoms with Crippen LogP contribution in [-0.4, -0.2) is 190 Å². The van der Waals surface area contributed by atoms with Gasteiger partial charge in [-0.1, -0.05) is 31.2 Å². The number of nitrogens with zero attached hydrogens (tertiary/aromatic N) is 8. The Morgan fingerprint density at radius 2 is 0.945 bits per heavy atom. The second-order valence-corrected chi connectivity index (χ2v) is 20.6. The predicted octanol–water partition coefficient (Wildman–Crippen LogP) is -14.4. The number of aliphatic hydroxyl groups excluding tert-OH is 5. The molecule has 4 aromatic rings. The van der Waals surface area contributed by atoms with Crippen LogP contribution in [0.15, 0.2) is 46.2 Å². The van der Waals surface area contributed by atoms with Crippen molar-refractivity contribution in [1.82, 2.24) is 29.9 Å². The van der Waals surface area contributed by atoms with Gasteiger partial charge in [0.25, 0.3) is 0 Å². The number of aliphatic hydroxyl groups is 5. The monoisotopic (exact) mass is 1140 g/mol. The normalized spacial score (nSPS) is 13.0. The molecule has 4 rings (SSSR count). The van der Waals surface area contributed by atoms with Gasteiger partial charge in [0.1, 0.15) is 20.2 Å². The molecule has 2 aromatic carbocycles. The van der Waals surface area contributed by atoms with Crippen LogP contribution in [0.1, 0.15) is 31.4 Å². The van der Waals surface area contributed by atoms with Crippen LogP contribution in [0, 0.1) is 0 Å². The summed E-state index contributed by atoms with van der Waals surface area (Å²) in [6.07, 6.45) is -1.07. The third kappa shape index (κ3) is 25.2. The molecule has 0 aliphatic carbocycles. The zero-order valence-electron chi connectivity index (χ0n) is 40.5. The molecule has 37 heteroatoms. The molecule has 0 bridgehead atoms. The van der Waals surface area contributed by atoms with Crippen LogP contribution in [-0.2, 0) is 40.5 Å². The van der Waals surface area contributed by atoms with Crippen molar-refractivity contribution >= 4 is 99.7 Å². The van der Waals surface area contributed by atoms with Gasteiger partial charge < -0.3 is 74.8 Å². The van der Waals surface area contributed by atoms with Crippen LogP contribution in [0.3, 0.4) is 0 Å². The molecule has 0 amide bonds. The Bertz CT molecular complexity index is 2900. The minimum absolute atomic E-state index is 0. The Labute approximate surface area is 510 Å². The third-order valence-electron chi connectivity index (χ3n) is 8.87. The zero-order chi connectivity index (χ0) is 51.3. The number of anilines is 8. The molecule has 3 unspecified atom stereocenters. The minimum Gasteiger partial charge on any atom is -0.748 e. The molecule has 2 heterocycles. The Kier molecular flexibility index (Phi) is 31.7. The smallest absolute Gasteiger partial charge is 0.748 e. The van der Waals surface area contributed by atoms with Gasteiger partial charge in [-0.25, -0.2) is 33.7 Å². The van der Waals surface area contributed by atoms with E-state index in [1.54, 1.807) is 6.92 Å². The van der Waals surface area contributed by atoms with Crippen LogP contribution < -0.4 is 149 Å². The SMILES string of the molecule is CCCN(CC(O)CO)c1nc(NCCS(=O)(=O)[O-])nc(Nc2ccc(C=Cc3ccc(Nc4nc(NCCS(=O)(=O)[O-])nc(N(CC(C)O)CC(O)CO)n4)cc3S(=O)(=O)[O-])c(S(=O)(=O)[O-])c2)n1.[Na+].[Na+].[Na+].[Na+]. The molecule has 0 fully saturated rings. The minimum atomic E-state index is -5.33. The number of hydrogen-bond acceptors (Lipinski definition) is 29. The van der Waals surface area contributed by atoms with E-state index >= 15 is 0 Å². The standard InChI is InChI=1S/C36H52N12O17S4.4Na/c1-3-12-47(18-27(52)20-49)35-43-31(37-10-13-66(54,55)56)41-33(45-35)39-25-8-6-23(29(15-25)68(60,61)62)4-5-24-7-9-26(16-30(24)69(63,64)65)40-34-42-32(38-11-14-67(57,58)59)44-36(46-34)48(17-22(2)51)19-28(53)21-50;;;;/h4-9,15-16,22,27-28,49-53H,3,10-14,17-21H2,1-2H3,(H,54,55,56)(H,57,58,59)(H,60,61,62)(H,63,64,65)(H2,37,39,41,43,45)(H2,38,40,42,44,46);;;;/q;4*+1/p-4. The maximum atomic E-state index is 12.6. The first-order valence-corrected chi connectivity index (χ1v) is 26.2. The van der Waals surface area contributed by atoms with E-state index in [-0.39, 0.29) is 203 Å². The van der Waals surface area contributed by atoms with Crippen molar-refractivity contribution in [1.29, 1.82) is 0 Å². The largest absolute Gasteiger partial charge is 1.00 e. The Morgan fingerprint density at radius 3 is 1.29 bits per heavy atom. The first-order chi connectivity index (χ1) is 32.2. The third-order valence-corrected chi connectivity index (χ3v) is 12.1. The van der Waals surface area contributed by atoms with E-state index in [4.69, 9.17) is 0 Å². The summed E-state index contributed by atoms with van der Waals surface area (Å²) in [5, 5.41) is 59.7. The molecule has 0 spiro atoms. The summed E-state index contributed by atoms with van der Waals surface area (Å²) in [6, 6.07) is 6.53. The fourth-order valence-corrected chi connectivity index (χ4v) is 8.05. The van der Waals surface area contributed by atoms with Gasteiger partial charge in [0.2, 0.25) is 35.7 Å². The molecular weight excluding hydrogens is 1090 g/mol. The van der Waals surface area contributed by atoms with E-state index in [2.05, 4.69) is 51.2 Å². The van der Waals surface area contributed by atoms with E-state index < -0.39 is 106 Å². The van der Waals surface area contributed by atoms with E-state index in [0.29, 0.717) is 6.42 Å². The number of hydrogen-bond donors (Lipinski definition) is 9. The van der Waals surface area contributed by atoms with Gasteiger partial charge in [-0.05, 0) is 48.7 Å². The molecule has 0 aliphatic rings. The molecule has 2 aromatic heterocycles. The average Bonchev–Trinajstić information content (AvgIpc) is 3.23. The number of rotatable bonds is 28. The summed E-state index contributed by atoms with van der Waals surface area (Å²) < 4.78 is 143. The summed E-state index contributed by atoms with van der Waals surface area (Å²) in [7, 11) is -20.0. The van der Waals surface area contributed by atoms with Crippen molar-refractivity contribution in [3.8, 4) is 0 Å². The van der Waals surface area contributed by atoms with E-state index in [0.717, 1.165) is 36.4 Å². The van der Waals surface area contributed by atoms with Crippen molar-refractivity contribution in [3.63, 3.8) is 0 Å². The summed E-state index contributed by atoms with van der Waals surface area (Å²) >= 11 is 0. The molecule has 29 nitrogen and oxygen atoms in total. The zero-order valence-corrected chi connectivity index (χ0v) is 51.7. The summed E-state index contributed by atoms with van der Waals surface area (Å²) in [4.78, 5) is 26.0. The van der Waals surface area contributed by atoms with E-state index in [1.807, 2.05) is 0 Å². The average molecular weight is 1140 g/mol. The van der Waals surface area contributed by atoms with Crippen LogP contribution >= 0.6 is 0 Å². The second-order valence-electron chi connectivity index (χ2n) is 14.8. The first kappa shape index (κ1) is 71.4. The fourth-order valence-electron chi connectivity index (χ4n) is 5.95. The van der Waals surface area contributed by atoms with Gasteiger partial charge in [0, 0.05) is 50.6 Å². The summed E-state index contributed by atoms with van der Waals surface area (Å²) in [5.74, 6) is -3.34. The van der Waals surface area contributed by atoms with Gasteiger partial charge in [0.15, 0.2) is 0 Å². The van der Waals surface area contributed by atoms with Gasteiger partial charge in [-0.15, -0.1) is 0 Å². The molecule has 3 atom stereocenters. The van der Waals surface area contributed by atoms with E-state index in [1.165, 1.54) is 28.9 Å². The number of benzene rings is 2.